The highest BCUT2D eigenvalue weighted by atomic mass is 16.1. The van der Waals surface area contributed by atoms with Crippen LogP contribution in [0.15, 0.2) is 36.4 Å². The van der Waals surface area contributed by atoms with Crippen LogP contribution >= 0.6 is 0 Å². The lowest BCUT2D eigenvalue weighted by molar-refractivity contribution is -0.115. The Kier molecular flexibility index (Phi) is 5.06. The molecule has 0 N–H and O–H groups in total. The lowest BCUT2D eigenvalue weighted by Crippen LogP contribution is -2.06. The van der Waals surface area contributed by atoms with E-state index >= 15 is 0 Å². The molecule has 98 valence electrons. The predicted molar refractivity (Wildman–Crippen MR) is 70.2 cm³/mol. The zero-order valence-electron chi connectivity index (χ0n) is 10.8. The number of carbonyl (C=O) groups excluding carboxylic acids is 4. The van der Waals surface area contributed by atoms with E-state index in [4.69, 9.17) is 0 Å². The number of hydrogen-bond donors (Lipinski definition) is 0. The smallest absolute Gasteiger partial charge is 0.170 e. The topological polar surface area (TPSA) is 68.3 Å². The van der Waals surface area contributed by atoms with Gasteiger partial charge in [-0.05, 0) is 26.0 Å². The fraction of sp³-hybridized carbons (Fsp3) is 0.200. The number of carbonyl (C=O) groups is 4. The molecule has 1 aromatic rings. The van der Waals surface area contributed by atoms with E-state index in [1.807, 2.05) is 0 Å². The molecule has 0 atom stereocenters. The van der Waals surface area contributed by atoms with Gasteiger partial charge in [-0.1, -0.05) is 24.3 Å². The quantitative estimate of drug-likeness (QED) is 0.445. The van der Waals surface area contributed by atoms with Crippen molar-refractivity contribution in [3.05, 3.63) is 47.5 Å². The van der Waals surface area contributed by atoms with Crippen molar-refractivity contribution >= 4 is 23.1 Å². The van der Waals surface area contributed by atoms with Crippen molar-refractivity contribution in [3.63, 3.8) is 0 Å². The van der Waals surface area contributed by atoms with Crippen LogP contribution in [0, 0.1) is 0 Å². The maximum atomic E-state index is 11.8. The molecule has 0 aliphatic rings. The summed E-state index contributed by atoms with van der Waals surface area (Å²) in [5, 5.41) is 0. The third-order valence-electron chi connectivity index (χ3n) is 2.45. The van der Waals surface area contributed by atoms with Crippen LogP contribution in [0.5, 0.6) is 0 Å². The van der Waals surface area contributed by atoms with Gasteiger partial charge in [-0.3, -0.25) is 19.2 Å². The molecule has 0 bridgehead atoms. The number of ketones is 4. The molecule has 0 aliphatic carbocycles. The van der Waals surface area contributed by atoms with Gasteiger partial charge >= 0.3 is 0 Å². The SMILES string of the molecule is CC(=O)/C=C\C(=O)CC(=O)c1ccc(C(C)=O)cc1. The summed E-state index contributed by atoms with van der Waals surface area (Å²) in [7, 11) is 0. The van der Waals surface area contributed by atoms with Gasteiger partial charge in [0.1, 0.15) is 0 Å². The second-order valence-corrected chi connectivity index (χ2v) is 4.14. The molecule has 4 nitrogen and oxygen atoms in total. The highest BCUT2D eigenvalue weighted by molar-refractivity contribution is 6.12. The van der Waals surface area contributed by atoms with Gasteiger partial charge in [0.15, 0.2) is 23.1 Å². The maximum absolute atomic E-state index is 11.8. The van der Waals surface area contributed by atoms with Gasteiger partial charge in [0.25, 0.3) is 0 Å². The Morgan fingerprint density at radius 3 is 1.89 bits per heavy atom. The van der Waals surface area contributed by atoms with E-state index in [1.54, 1.807) is 12.1 Å². The average molecular weight is 258 g/mol. The van der Waals surface area contributed by atoms with E-state index in [0.717, 1.165) is 12.2 Å². The Balaban J connectivity index is 2.70. The first-order valence-electron chi connectivity index (χ1n) is 5.76. The van der Waals surface area contributed by atoms with Gasteiger partial charge in [0.05, 0.1) is 6.42 Å². The first-order chi connectivity index (χ1) is 8.90. The van der Waals surface area contributed by atoms with Crippen LogP contribution < -0.4 is 0 Å². The zero-order valence-corrected chi connectivity index (χ0v) is 10.8. The summed E-state index contributed by atoms with van der Waals surface area (Å²) >= 11 is 0. The molecule has 19 heavy (non-hydrogen) atoms. The first kappa shape index (κ1) is 14.7. The van der Waals surface area contributed by atoms with Crippen molar-refractivity contribution in [1.82, 2.24) is 0 Å². The summed E-state index contributed by atoms with van der Waals surface area (Å²) in [6.45, 7) is 2.76. The molecule has 0 unspecified atom stereocenters. The van der Waals surface area contributed by atoms with Gasteiger partial charge in [0.2, 0.25) is 0 Å². The largest absolute Gasteiger partial charge is 0.295 e. The predicted octanol–water partition coefficient (Wildman–Crippen LogP) is 2.18. The zero-order chi connectivity index (χ0) is 14.4. The molecule has 0 saturated carbocycles. The first-order valence-corrected chi connectivity index (χ1v) is 5.76. The molecule has 1 aromatic carbocycles. The minimum Gasteiger partial charge on any atom is -0.295 e. The van der Waals surface area contributed by atoms with E-state index in [2.05, 4.69) is 0 Å². The van der Waals surface area contributed by atoms with E-state index in [0.29, 0.717) is 11.1 Å². The number of rotatable bonds is 6. The highest BCUT2D eigenvalue weighted by Gasteiger charge is 2.10. The lowest BCUT2D eigenvalue weighted by Gasteiger charge is -2.00. The molecule has 0 heterocycles. The van der Waals surface area contributed by atoms with E-state index in [9.17, 15) is 19.2 Å². The van der Waals surface area contributed by atoms with Gasteiger partial charge in [-0.25, -0.2) is 0 Å². The summed E-state index contributed by atoms with van der Waals surface area (Å²) in [5.74, 6) is -1.09. The lowest BCUT2D eigenvalue weighted by atomic mass is 10.0. The van der Waals surface area contributed by atoms with Crippen LogP contribution in [-0.4, -0.2) is 23.1 Å². The maximum Gasteiger partial charge on any atom is 0.170 e. The number of hydrogen-bond acceptors (Lipinski definition) is 4. The van der Waals surface area contributed by atoms with Gasteiger partial charge in [-0.15, -0.1) is 0 Å². The minimum atomic E-state index is -0.421. The molecule has 1 rings (SSSR count). The second-order valence-electron chi connectivity index (χ2n) is 4.14. The second kappa shape index (κ2) is 6.54. The molecule has 4 heteroatoms. The normalized spacial score (nSPS) is 10.4. The van der Waals surface area contributed by atoms with Crippen molar-refractivity contribution in [3.8, 4) is 0 Å². The van der Waals surface area contributed by atoms with Crippen LogP contribution in [0.4, 0.5) is 0 Å². The Hall–Kier alpha value is -2.36. The molecule has 0 radical (unpaired) electrons. The van der Waals surface area contributed by atoms with Gasteiger partial charge < -0.3 is 0 Å². The fourth-order valence-electron chi connectivity index (χ4n) is 1.42. The minimum absolute atomic E-state index is 0.0838. The summed E-state index contributed by atoms with van der Waals surface area (Å²) in [6, 6.07) is 6.12. The van der Waals surface area contributed by atoms with E-state index in [1.165, 1.54) is 26.0 Å². The summed E-state index contributed by atoms with van der Waals surface area (Å²) < 4.78 is 0. The average Bonchev–Trinajstić information content (AvgIpc) is 2.36. The summed E-state index contributed by atoms with van der Waals surface area (Å²) in [4.78, 5) is 44.9. The van der Waals surface area contributed by atoms with Gasteiger partial charge in [-0.2, -0.15) is 0 Å². The van der Waals surface area contributed by atoms with E-state index in [-0.39, 0.29) is 23.8 Å². The van der Waals surface area contributed by atoms with Crippen LogP contribution in [0.2, 0.25) is 0 Å². The Labute approximate surface area is 111 Å². The molecule has 0 aliphatic heterocycles. The molecule has 0 amide bonds. The van der Waals surface area contributed by atoms with Crippen molar-refractivity contribution in [2.24, 2.45) is 0 Å². The Bertz CT molecular complexity index is 550. The summed E-state index contributed by atoms with van der Waals surface area (Å²) in [5.41, 5.74) is 0.883. The summed E-state index contributed by atoms with van der Waals surface area (Å²) in [6.07, 6.45) is 1.95. The van der Waals surface area contributed by atoms with Crippen molar-refractivity contribution < 1.29 is 19.2 Å². The van der Waals surface area contributed by atoms with Crippen LogP contribution in [0.1, 0.15) is 41.0 Å². The number of Topliss-reactive ketones (excluding diaryl/α,β-unsaturated/α-hetero) is 2. The number of benzene rings is 1. The van der Waals surface area contributed by atoms with Crippen molar-refractivity contribution in [2.45, 2.75) is 20.3 Å². The molecule has 0 aromatic heterocycles. The van der Waals surface area contributed by atoms with E-state index < -0.39 is 5.78 Å². The number of allylic oxidation sites excluding steroid dienone is 2. The van der Waals surface area contributed by atoms with Crippen LogP contribution in [-0.2, 0) is 9.59 Å². The fourth-order valence-corrected chi connectivity index (χ4v) is 1.42. The van der Waals surface area contributed by atoms with Crippen LogP contribution in [0.3, 0.4) is 0 Å². The van der Waals surface area contributed by atoms with Crippen molar-refractivity contribution in [2.75, 3.05) is 0 Å². The Morgan fingerprint density at radius 1 is 0.895 bits per heavy atom. The molecular weight excluding hydrogens is 244 g/mol. The monoisotopic (exact) mass is 258 g/mol. The molecular formula is C15H14O4. The van der Waals surface area contributed by atoms with Gasteiger partial charge in [0, 0.05) is 11.1 Å². The molecule has 0 saturated heterocycles. The van der Waals surface area contributed by atoms with Crippen LogP contribution in [0.25, 0.3) is 0 Å². The molecule has 0 fully saturated rings. The Morgan fingerprint density at radius 2 is 1.42 bits per heavy atom. The molecule has 0 spiro atoms. The highest BCUT2D eigenvalue weighted by Crippen LogP contribution is 2.08. The third kappa shape index (κ3) is 4.79. The third-order valence-corrected chi connectivity index (χ3v) is 2.45. The van der Waals surface area contributed by atoms with Crippen molar-refractivity contribution in [1.29, 1.82) is 0 Å². The standard InChI is InChI=1S/C15H14O4/c1-10(16)3-8-14(18)9-15(19)13-6-4-12(5-7-13)11(2)17/h3-8H,9H2,1-2H3/b8-3-.